The molecule has 1 aliphatic carbocycles. The van der Waals surface area contributed by atoms with Gasteiger partial charge >= 0.3 is 5.97 Å². The van der Waals surface area contributed by atoms with E-state index in [0.717, 1.165) is 5.01 Å². The van der Waals surface area contributed by atoms with E-state index in [4.69, 9.17) is 14.3 Å². The number of carboxylic acid groups (broad SMARTS) is 1. The molecule has 0 aliphatic heterocycles. The van der Waals surface area contributed by atoms with E-state index in [1.54, 1.807) is 0 Å². The van der Waals surface area contributed by atoms with Gasteiger partial charge in [-0.15, -0.1) is 11.3 Å². The van der Waals surface area contributed by atoms with Gasteiger partial charge in [-0.3, -0.25) is 0 Å². The molecule has 2 aromatic heterocycles. The van der Waals surface area contributed by atoms with E-state index < -0.39 is 5.97 Å². The molecular formula is C14H15NO4S. The fourth-order valence-electron chi connectivity index (χ4n) is 2.10. The molecular weight excluding hydrogens is 278 g/mol. The Hall–Kier alpha value is -1.66. The maximum Gasteiger partial charge on any atom is 0.338 e. The first kappa shape index (κ1) is 13.3. The van der Waals surface area contributed by atoms with E-state index in [1.165, 1.54) is 36.5 Å². The van der Waals surface area contributed by atoms with E-state index in [0.29, 0.717) is 24.0 Å². The molecule has 1 aliphatic rings. The summed E-state index contributed by atoms with van der Waals surface area (Å²) < 4.78 is 11.0. The van der Waals surface area contributed by atoms with Gasteiger partial charge in [-0.2, -0.15) is 0 Å². The molecule has 5 nitrogen and oxygen atoms in total. The second-order valence-corrected chi connectivity index (χ2v) is 5.68. The van der Waals surface area contributed by atoms with Crippen LogP contribution in [0.15, 0.2) is 22.1 Å². The zero-order valence-electron chi connectivity index (χ0n) is 11.0. The zero-order valence-corrected chi connectivity index (χ0v) is 11.9. The summed E-state index contributed by atoms with van der Waals surface area (Å²) >= 11 is 1.53. The maximum atomic E-state index is 10.8. The van der Waals surface area contributed by atoms with Crippen molar-refractivity contribution in [3.63, 3.8) is 0 Å². The highest BCUT2D eigenvalue weighted by Gasteiger charge is 2.35. The molecule has 1 fully saturated rings. The summed E-state index contributed by atoms with van der Waals surface area (Å²) in [6.45, 7) is 2.65. The van der Waals surface area contributed by atoms with Crippen molar-refractivity contribution in [1.29, 1.82) is 0 Å². The summed E-state index contributed by atoms with van der Waals surface area (Å²) in [5.74, 6) is 0.0525. The van der Waals surface area contributed by atoms with Gasteiger partial charge in [0.2, 0.25) is 0 Å². The first-order valence-electron chi connectivity index (χ1n) is 6.58. The maximum absolute atomic E-state index is 10.8. The van der Waals surface area contributed by atoms with Gasteiger partial charge < -0.3 is 14.3 Å². The number of furan rings is 1. The summed E-state index contributed by atoms with van der Waals surface area (Å²) in [5, 5.41) is 11.7. The molecule has 3 rings (SSSR count). The lowest BCUT2D eigenvalue weighted by atomic mass is 10.2. The molecule has 2 heterocycles. The molecule has 6 heteroatoms. The highest BCUT2D eigenvalue weighted by atomic mass is 32.1. The summed E-state index contributed by atoms with van der Waals surface area (Å²) in [7, 11) is 0. The summed E-state index contributed by atoms with van der Waals surface area (Å²) in [6.07, 6.45) is 3.66. The molecule has 1 N–H and O–H groups in total. The topological polar surface area (TPSA) is 72.6 Å². The van der Waals surface area contributed by atoms with Gasteiger partial charge in [0.05, 0.1) is 5.56 Å². The van der Waals surface area contributed by atoms with Crippen molar-refractivity contribution in [3.8, 4) is 11.5 Å². The Morgan fingerprint density at radius 1 is 1.65 bits per heavy atom. The molecule has 1 atom stereocenters. The van der Waals surface area contributed by atoms with Crippen LogP contribution in [-0.4, -0.2) is 22.7 Å². The van der Waals surface area contributed by atoms with Crippen LogP contribution in [0.25, 0.3) is 11.5 Å². The number of carboxylic acids is 1. The van der Waals surface area contributed by atoms with Crippen LogP contribution in [0.5, 0.6) is 0 Å². The third-order valence-electron chi connectivity index (χ3n) is 3.26. The Labute approximate surface area is 120 Å². The van der Waals surface area contributed by atoms with Crippen molar-refractivity contribution < 1.29 is 19.1 Å². The summed E-state index contributed by atoms with van der Waals surface area (Å²) in [5.41, 5.74) is 0.806. The lowest BCUT2D eigenvalue weighted by Gasteiger charge is -2.12. The van der Waals surface area contributed by atoms with Crippen molar-refractivity contribution >= 4 is 17.3 Å². The van der Waals surface area contributed by atoms with Crippen LogP contribution in [0.2, 0.25) is 0 Å². The van der Waals surface area contributed by atoms with Gasteiger partial charge in [-0.25, -0.2) is 9.78 Å². The van der Waals surface area contributed by atoms with Crippen molar-refractivity contribution in [2.45, 2.75) is 25.9 Å². The monoisotopic (exact) mass is 293 g/mol. The van der Waals surface area contributed by atoms with Crippen LogP contribution in [0, 0.1) is 5.92 Å². The number of rotatable bonds is 6. The van der Waals surface area contributed by atoms with Gasteiger partial charge in [0.15, 0.2) is 5.76 Å². The standard InChI is InChI=1S/C14H15NO4S/c1-2-18-12(8-3-4-8)13-15-10(7-20-13)11-5-9(6-19-11)14(16)17/h5-8,12H,2-4H2,1H3,(H,16,17). The van der Waals surface area contributed by atoms with Crippen molar-refractivity contribution in [2.75, 3.05) is 6.61 Å². The SMILES string of the molecule is CCOC(c1nc(-c2cc(C(=O)O)co2)cs1)C1CC1. The molecule has 0 radical (unpaired) electrons. The van der Waals surface area contributed by atoms with Gasteiger partial charge in [-0.05, 0) is 25.7 Å². The highest BCUT2D eigenvalue weighted by molar-refractivity contribution is 7.10. The van der Waals surface area contributed by atoms with Gasteiger partial charge in [-0.1, -0.05) is 0 Å². The van der Waals surface area contributed by atoms with E-state index in [9.17, 15) is 4.79 Å². The molecule has 0 saturated heterocycles. The number of carbonyl (C=O) groups is 1. The van der Waals surface area contributed by atoms with Crippen LogP contribution >= 0.6 is 11.3 Å². The minimum Gasteiger partial charge on any atom is -0.478 e. The predicted octanol–water partition coefficient (Wildman–Crippen LogP) is 3.59. The van der Waals surface area contributed by atoms with E-state index >= 15 is 0 Å². The van der Waals surface area contributed by atoms with E-state index in [1.807, 2.05) is 12.3 Å². The number of aromatic nitrogens is 1. The fourth-order valence-corrected chi connectivity index (χ4v) is 3.05. The second-order valence-electron chi connectivity index (χ2n) is 4.79. The Balaban J connectivity index is 1.83. The van der Waals surface area contributed by atoms with Gasteiger partial charge in [0, 0.05) is 18.1 Å². The smallest absolute Gasteiger partial charge is 0.338 e. The van der Waals surface area contributed by atoms with Crippen molar-refractivity contribution in [2.24, 2.45) is 5.92 Å². The number of hydrogen-bond acceptors (Lipinski definition) is 5. The number of aromatic carboxylic acids is 1. The van der Waals surface area contributed by atoms with Gasteiger partial charge in [0.1, 0.15) is 23.1 Å². The molecule has 0 spiro atoms. The zero-order chi connectivity index (χ0) is 14.1. The number of nitrogens with zero attached hydrogens (tertiary/aromatic N) is 1. The third kappa shape index (κ3) is 2.62. The van der Waals surface area contributed by atoms with E-state index in [2.05, 4.69) is 4.98 Å². The van der Waals surface area contributed by atoms with Crippen LogP contribution in [-0.2, 0) is 4.74 Å². The molecule has 1 unspecified atom stereocenters. The van der Waals surface area contributed by atoms with Crippen molar-refractivity contribution in [3.05, 3.63) is 28.3 Å². The Morgan fingerprint density at radius 2 is 2.45 bits per heavy atom. The van der Waals surface area contributed by atoms with E-state index in [-0.39, 0.29) is 11.7 Å². The first-order chi connectivity index (χ1) is 9.69. The largest absolute Gasteiger partial charge is 0.478 e. The van der Waals surface area contributed by atoms with Crippen LogP contribution in [0.1, 0.15) is 41.2 Å². The normalized spacial score (nSPS) is 16.2. The molecule has 0 bridgehead atoms. The molecule has 2 aromatic rings. The second kappa shape index (κ2) is 5.38. The summed E-state index contributed by atoms with van der Waals surface area (Å²) in [4.78, 5) is 15.4. The van der Waals surface area contributed by atoms with Crippen LogP contribution < -0.4 is 0 Å². The van der Waals surface area contributed by atoms with Crippen LogP contribution in [0.4, 0.5) is 0 Å². The lowest BCUT2D eigenvalue weighted by Crippen LogP contribution is -2.06. The van der Waals surface area contributed by atoms with Crippen molar-refractivity contribution in [1.82, 2.24) is 4.98 Å². The predicted molar refractivity (Wildman–Crippen MR) is 73.9 cm³/mol. The van der Waals surface area contributed by atoms with Crippen LogP contribution in [0.3, 0.4) is 0 Å². The fraction of sp³-hybridized carbons (Fsp3) is 0.429. The average Bonchev–Trinajstić information content (AvgIpc) is 2.94. The highest BCUT2D eigenvalue weighted by Crippen LogP contribution is 2.44. The molecule has 0 aromatic carbocycles. The molecule has 106 valence electrons. The quantitative estimate of drug-likeness (QED) is 0.881. The first-order valence-corrected chi connectivity index (χ1v) is 7.46. The Morgan fingerprint density at radius 3 is 3.05 bits per heavy atom. The molecule has 0 amide bonds. The Kier molecular flexibility index (Phi) is 3.58. The Bertz CT molecular complexity index is 614. The third-order valence-corrected chi connectivity index (χ3v) is 4.17. The average molecular weight is 293 g/mol. The van der Waals surface area contributed by atoms with Gasteiger partial charge in [0.25, 0.3) is 0 Å². The minimum atomic E-state index is -0.999. The number of ether oxygens (including phenoxy) is 1. The number of thiazole rings is 1. The lowest BCUT2D eigenvalue weighted by molar-refractivity contribution is 0.0462. The minimum absolute atomic E-state index is 0.0626. The summed E-state index contributed by atoms with van der Waals surface area (Å²) in [6, 6.07) is 1.49. The molecule has 20 heavy (non-hydrogen) atoms. The molecule has 1 saturated carbocycles. The number of hydrogen-bond donors (Lipinski definition) is 1.